The van der Waals surface area contributed by atoms with E-state index in [2.05, 4.69) is 18.2 Å². The smallest absolute Gasteiger partial charge is 0.372 e. The van der Waals surface area contributed by atoms with E-state index >= 15 is 0 Å². The molecule has 0 spiro atoms. The fraction of sp³-hybridized carbons (Fsp3) is 0.667. The molecule has 0 aromatic heterocycles. The van der Waals surface area contributed by atoms with E-state index in [-0.39, 0.29) is 5.76 Å². The van der Waals surface area contributed by atoms with Crippen molar-refractivity contribution in [2.24, 2.45) is 0 Å². The first-order chi connectivity index (χ1) is 5.72. The topological polar surface area (TPSA) is 35.5 Å². The lowest BCUT2D eigenvalue weighted by Gasteiger charge is -2.04. The Morgan fingerprint density at radius 1 is 1.42 bits per heavy atom. The van der Waals surface area contributed by atoms with E-state index < -0.39 is 5.97 Å². The summed E-state index contributed by atoms with van der Waals surface area (Å²) in [5, 5.41) is 0. The zero-order chi connectivity index (χ0) is 9.40. The molecule has 3 nitrogen and oxygen atoms in total. The number of rotatable bonds is 6. The van der Waals surface area contributed by atoms with Gasteiger partial charge < -0.3 is 9.47 Å². The number of esters is 1. The van der Waals surface area contributed by atoms with Crippen molar-refractivity contribution in [2.75, 3.05) is 13.7 Å². The van der Waals surface area contributed by atoms with E-state index in [0.29, 0.717) is 6.61 Å². The fourth-order valence-electron chi connectivity index (χ4n) is 0.681. The summed E-state index contributed by atoms with van der Waals surface area (Å²) in [6.45, 7) is 5.92. The Hall–Kier alpha value is -0.990. The second kappa shape index (κ2) is 6.70. The number of ether oxygens (including phenoxy) is 2. The molecular formula is C9H16O3. The molecule has 0 N–H and O–H groups in total. The molecule has 0 aromatic carbocycles. The number of hydrogen-bond acceptors (Lipinski definition) is 3. The maximum absolute atomic E-state index is 10.9. The third-order valence-corrected chi connectivity index (χ3v) is 1.46. The van der Waals surface area contributed by atoms with Crippen LogP contribution in [-0.4, -0.2) is 19.7 Å². The van der Waals surface area contributed by atoms with Gasteiger partial charge in [-0.3, -0.25) is 0 Å². The first-order valence-electron chi connectivity index (χ1n) is 4.12. The molecule has 0 radical (unpaired) electrons. The lowest BCUT2D eigenvalue weighted by Crippen LogP contribution is -2.09. The molecule has 0 fully saturated rings. The summed E-state index contributed by atoms with van der Waals surface area (Å²) in [6, 6.07) is 0. The van der Waals surface area contributed by atoms with Gasteiger partial charge >= 0.3 is 5.97 Å². The Morgan fingerprint density at radius 3 is 2.58 bits per heavy atom. The highest BCUT2D eigenvalue weighted by Crippen LogP contribution is 1.98. The van der Waals surface area contributed by atoms with E-state index in [0.717, 1.165) is 19.3 Å². The van der Waals surface area contributed by atoms with Crippen LogP contribution in [0.25, 0.3) is 0 Å². The molecule has 0 unspecified atom stereocenters. The highest BCUT2D eigenvalue weighted by atomic mass is 16.6. The van der Waals surface area contributed by atoms with Crippen molar-refractivity contribution in [2.45, 2.75) is 26.2 Å². The van der Waals surface area contributed by atoms with Gasteiger partial charge in [-0.05, 0) is 13.0 Å². The second-order valence-corrected chi connectivity index (χ2v) is 2.47. The summed E-state index contributed by atoms with van der Waals surface area (Å²) in [7, 11) is 1.40. The molecule has 12 heavy (non-hydrogen) atoms. The number of methoxy groups -OCH3 is 1. The van der Waals surface area contributed by atoms with E-state index in [4.69, 9.17) is 4.74 Å². The van der Waals surface area contributed by atoms with Crippen LogP contribution >= 0.6 is 0 Å². The summed E-state index contributed by atoms with van der Waals surface area (Å²) in [5.74, 6) is -0.403. The lowest BCUT2D eigenvalue weighted by molar-refractivity contribution is -0.142. The van der Waals surface area contributed by atoms with E-state index in [1.54, 1.807) is 0 Å². The number of unbranched alkanes of at least 4 members (excludes halogenated alkanes) is 2. The molecule has 0 saturated carbocycles. The summed E-state index contributed by atoms with van der Waals surface area (Å²) in [6.07, 6.45) is 3.09. The van der Waals surface area contributed by atoms with E-state index in [1.165, 1.54) is 7.11 Å². The minimum Gasteiger partial charge on any atom is -0.490 e. The molecule has 0 atom stereocenters. The van der Waals surface area contributed by atoms with Crippen molar-refractivity contribution in [3.63, 3.8) is 0 Å². The molecule has 0 heterocycles. The number of carbonyl (C=O) groups is 1. The molecule has 0 bridgehead atoms. The standard InChI is InChI=1S/C9H16O3/c1-4-5-6-7-12-9(10)8(2)11-3/h2,4-7H2,1,3H3. The fourth-order valence-corrected chi connectivity index (χ4v) is 0.681. The molecule has 0 saturated heterocycles. The van der Waals surface area contributed by atoms with Crippen LogP contribution in [0, 0.1) is 0 Å². The Labute approximate surface area is 73.4 Å². The molecule has 3 heteroatoms. The monoisotopic (exact) mass is 172 g/mol. The normalized spacial score (nSPS) is 9.17. The lowest BCUT2D eigenvalue weighted by atomic mass is 10.3. The van der Waals surface area contributed by atoms with Crippen molar-refractivity contribution >= 4 is 5.97 Å². The van der Waals surface area contributed by atoms with Crippen LogP contribution in [0.15, 0.2) is 12.3 Å². The van der Waals surface area contributed by atoms with Crippen LogP contribution in [0.3, 0.4) is 0 Å². The summed E-state index contributed by atoms with van der Waals surface area (Å²) in [4.78, 5) is 10.9. The van der Waals surface area contributed by atoms with Gasteiger partial charge in [0.05, 0.1) is 13.7 Å². The van der Waals surface area contributed by atoms with Crippen LogP contribution in [0.4, 0.5) is 0 Å². The molecule has 0 aliphatic heterocycles. The SMILES string of the molecule is C=C(OC)C(=O)OCCCCC. The van der Waals surface area contributed by atoms with Gasteiger partial charge in [-0.25, -0.2) is 4.79 Å². The minimum absolute atomic E-state index is 0.0616. The predicted octanol–water partition coefficient (Wildman–Crippen LogP) is 1.88. The third-order valence-electron chi connectivity index (χ3n) is 1.46. The second-order valence-electron chi connectivity index (χ2n) is 2.47. The van der Waals surface area contributed by atoms with Crippen LogP contribution in [-0.2, 0) is 14.3 Å². The first-order valence-corrected chi connectivity index (χ1v) is 4.12. The summed E-state index contributed by atoms with van der Waals surface area (Å²) >= 11 is 0. The Balaban J connectivity index is 3.38. The number of carbonyl (C=O) groups excluding carboxylic acids is 1. The van der Waals surface area contributed by atoms with Gasteiger partial charge in [0.15, 0.2) is 5.76 Å². The molecule has 70 valence electrons. The highest BCUT2D eigenvalue weighted by molar-refractivity contribution is 5.85. The van der Waals surface area contributed by atoms with Gasteiger partial charge in [0.2, 0.25) is 0 Å². The van der Waals surface area contributed by atoms with Crippen molar-refractivity contribution in [3.8, 4) is 0 Å². The van der Waals surface area contributed by atoms with Crippen LogP contribution in [0.1, 0.15) is 26.2 Å². The van der Waals surface area contributed by atoms with Gasteiger partial charge in [0.25, 0.3) is 0 Å². The van der Waals surface area contributed by atoms with Crippen molar-refractivity contribution in [1.82, 2.24) is 0 Å². The molecule has 0 aliphatic carbocycles. The number of hydrogen-bond donors (Lipinski definition) is 0. The predicted molar refractivity (Wildman–Crippen MR) is 46.6 cm³/mol. The van der Waals surface area contributed by atoms with Gasteiger partial charge in [-0.15, -0.1) is 0 Å². The van der Waals surface area contributed by atoms with Crippen molar-refractivity contribution in [1.29, 1.82) is 0 Å². The van der Waals surface area contributed by atoms with E-state index in [1.807, 2.05) is 0 Å². The van der Waals surface area contributed by atoms with Crippen LogP contribution in [0.2, 0.25) is 0 Å². The third kappa shape index (κ3) is 4.77. The Morgan fingerprint density at radius 2 is 2.08 bits per heavy atom. The first kappa shape index (κ1) is 11.0. The van der Waals surface area contributed by atoms with E-state index in [9.17, 15) is 4.79 Å². The summed E-state index contributed by atoms with van der Waals surface area (Å²) < 4.78 is 9.43. The largest absolute Gasteiger partial charge is 0.490 e. The maximum Gasteiger partial charge on any atom is 0.372 e. The molecular weight excluding hydrogens is 156 g/mol. The van der Waals surface area contributed by atoms with Crippen LogP contribution < -0.4 is 0 Å². The average molecular weight is 172 g/mol. The van der Waals surface area contributed by atoms with Gasteiger partial charge in [-0.1, -0.05) is 19.8 Å². The van der Waals surface area contributed by atoms with Crippen molar-refractivity contribution < 1.29 is 14.3 Å². The summed E-state index contributed by atoms with van der Waals surface area (Å²) in [5.41, 5.74) is 0. The van der Waals surface area contributed by atoms with Gasteiger partial charge in [0, 0.05) is 0 Å². The van der Waals surface area contributed by atoms with Crippen LogP contribution in [0.5, 0.6) is 0 Å². The van der Waals surface area contributed by atoms with Gasteiger partial charge in [-0.2, -0.15) is 0 Å². The molecule has 0 aliphatic rings. The Bertz CT molecular complexity index is 152. The maximum atomic E-state index is 10.9. The van der Waals surface area contributed by atoms with Crippen molar-refractivity contribution in [3.05, 3.63) is 12.3 Å². The molecule has 0 aromatic rings. The zero-order valence-electron chi connectivity index (χ0n) is 7.76. The minimum atomic E-state index is -0.464. The Kier molecular flexibility index (Phi) is 6.15. The molecule has 0 amide bonds. The molecule has 0 rings (SSSR count). The highest BCUT2D eigenvalue weighted by Gasteiger charge is 2.06. The van der Waals surface area contributed by atoms with Gasteiger partial charge in [0.1, 0.15) is 0 Å². The zero-order valence-corrected chi connectivity index (χ0v) is 7.76. The average Bonchev–Trinajstić information content (AvgIpc) is 2.10. The quantitative estimate of drug-likeness (QED) is 0.265.